The molecule has 0 aromatic heterocycles. The van der Waals surface area contributed by atoms with Crippen LogP contribution in [0.25, 0.3) is 0 Å². The number of aliphatic hydroxyl groups excluding tert-OH is 1. The Balaban J connectivity index is 2.12. The van der Waals surface area contributed by atoms with E-state index in [1.807, 2.05) is 25.7 Å². The Hall–Kier alpha value is -0.770. The molecule has 2 aliphatic heterocycles. The molecule has 2 bridgehead atoms. The summed E-state index contributed by atoms with van der Waals surface area (Å²) in [6, 6.07) is 0.330. The zero-order valence-corrected chi connectivity index (χ0v) is 11.0. The average molecular weight is 241 g/mol. The number of fused-ring (bicyclic) bond motifs is 2. The molecular weight excluding hydrogens is 218 g/mol. The molecule has 2 saturated heterocycles. The van der Waals surface area contributed by atoms with Crippen LogP contribution in [-0.4, -0.2) is 39.9 Å². The van der Waals surface area contributed by atoms with E-state index in [9.17, 15) is 9.90 Å². The average Bonchev–Trinajstić information content (AvgIpc) is 2.69. The fourth-order valence-corrected chi connectivity index (χ4v) is 3.26. The number of rotatable bonds is 2. The monoisotopic (exact) mass is 241 g/mol. The Labute approximate surface area is 103 Å². The third kappa shape index (κ3) is 2.28. The molecular formula is C13H23NO3. The van der Waals surface area contributed by atoms with Gasteiger partial charge in [-0.3, -0.25) is 4.90 Å². The molecule has 4 nitrogen and oxygen atoms in total. The Kier molecular flexibility index (Phi) is 3.10. The van der Waals surface area contributed by atoms with E-state index in [4.69, 9.17) is 4.74 Å². The summed E-state index contributed by atoms with van der Waals surface area (Å²) in [5.74, 6) is 0. The second-order valence-electron chi connectivity index (χ2n) is 6.28. The van der Waals surface area contributed by atoms with Crippen LogP contribution >= 0.6 is 0 Å². The molecule has 2 fully saturated rings. The van der Waals surface area contributed by atoms with Crippen LogP contribution in [0, 0.1) is 0 Å². The minimum absolute atomic E-state index is 0.123. The smallest absolute Gasteiger partial charge is 0.411 e. The summed E-state index contributed by atoms with van der Waals surface area (Å²) in [5.41, 5.74) is -0.568. The zero-order valence-electron chi connectivity index (χ0n) is 11.0. The standard InChI is InChI=1S/C13H23NO3/c1-12(2,3)17-11(16)14-10-4-6-13(14,7-5-10)8-9-15/h10,15H,4-9H2,1-3H3. The normalized spacial score (nSPS) is 32.0. The van der Waals surface area contributed by atoms with Crippen molar-refractivity contribution in [2.24, 2.45) is 0 Å². The largest absolute Gasteiger partial charge is 0.444 e. The van der Waals surface area contributed by atoms with Crippen molar-refractivity contribution in [3.05, 3.63) is 0 Å². The maximum absolute atomic E-state index is 12.2. The van der Waals surface area contributed by atoms with Crippen LogP contribution in [0.2, 0.25) is 0 Å². The maximum atomic E-state index is 12.2. The van der Waals surface area contributed by atoms with Crippen molar-refractivity contribution in [3.8, 4) is 0 Å². The second-order valence-corrected chi connectivity index (χ2v) is 6.28. The SMILES string of the molecule is CC(C)(C)OC(=O)N1C2CCC1(CCO)CC2. The first-order valence-corrected chi connectivity index (χ1v) is 6.51. The van der Waals surface area contributed by atoms with E-state index in [1.165, 1.54) is 0 Å². The number of amides is 1. The number of aliphatic hydroxyl groups is 1. The molecule has 2 rings (SSSR count). The molecule has 4 heteroatoms. The van der Waals surface area contributed by atoms with Crippen molar-refractivity contribution in [2.45, 2.75) is 70.1 Å². The molecule has 2 aliphatic rings. The number of hydrogen-bond acceptors (Lipinski definition) is 3. The topological polar surface area (TPSA) is 49.8 Å². The third-order valence-corrected chi connectivity index (χ3v) is 3.93. The van der Waals surface area contributed by atoms with Crippen molar-refractivity contribution in [1.29, 1.82) is 0 Å². The van der Waals surface area contributed by atoms with Crippen LogP contribution in [0.1, 0.15) is 52.9 Å². The fraction of sp³-hybridized carbons (Fsp3) is 0.923. The van der Waals surface area contributed by atoms with Gasteiger partial charge in [-0.1, -0.05) is 0 Å². The van der Waals surface area contributed by atoms with Gasteiger partial charge in [-0.2, -0.15) is 0 Å². The highest BCUT2D eigenvalue weighted by molar-refractivity contribution is 5.70. The predicted molar refractivity (Wildman–Crippen MR) is 64.8 cm³/mol. The highest BCUT2D eigenvalue weighted by atomic mass is 16.6. The van der Waals surface area contributed by atoms with Crippen LogP contribution in [0.5, 0.6) is 0 Å². The zero-order chi connectivity index (χ0) is 12.7. The number of carbonyl (C=O) groups excluding carboxylic acids is 1. The molecule has 0 saturated carbocycles. The van der Waals surface area contributed by atoms with Crippen molar-refractivity contribution in [2.75, 3.05) is 6.61 Å². The van der Waals surface area contributed by atoms with Crippen molar-refractivity contribution in [3.63, 3.8) is 0 Å². The molecule has 17 heavy (non-hydrogen) atoms. The van der Waals surface area contributed by atoms with E-state index in [-0.39, 0.29) is 18.2 Å². The molecule has 0 aromatic rings. The van der Waals surface area contributed by atoms with Gasteiger partial charge in [0.15, 0.2) is 0 Å². The minimum Gasteiger partial charge on any atom is -0.444 e. The van der Waals surface area contributed by atoms with Gasteiger partial charge in [-0.15, -0.1) is 0 Å². The number of nitrogens with zero attached hydrogens (tertiary/aromatic N) is 1. The molecule has 0 atom stereocenters. The van der Waals surface area contributed by atoms with Gasteiger partial charge < -0.3 is 9.84 Å². The highest BCUT2D eigenvalue weighted by Gasteiger charge is 2.54. The fourth-order valence-electron chi connectivity index (χ4n) is 3.26. The lowest BCUT2D eigenvalue weighted by Crippen LogP contribution is -2.47. The van der Waals surface area contributed by atoms with Crippen LogP contribution in [0.3, 0.4) is 0 Å². The first-order chi connectivity index (χ1) is 7.88. The Morgan fingerprint density at radius 2 is 2.00 bits per heavy atom. The number of carbonyl (C=O) groups is 1. The van der Waals surface area contributed by atoms with Gasteiger partial charge in [0, 0.05) is 18.2 Å². The lowest BCUT2D eigenvalue weighted by molar-refractivity contribution is 0.00594. The van der Waals surface area contributed by atoms with Gasteiger partial charge in [0.05, 0.1) is 0 Å². The predicted octanol–water partition coefficient (Wildman–Crippen LogP) is 2.30. The summed E-state index contributed by atoms with van der Waals surface area (Å²) in [6.07, 6.45) is 4.61. The summed E-state index contributed by atoms with van der Waals surface area (Å²) in [4.78, 5) is 14.1. The molecule has 0 aliphatic carbocycles. The Bertz CT molecular complexity index is 300. The summed E-state index contributed by atoms with van der Waals surface area (Å²) in [6.45, 7) is 5.82. The van der Waals surface area contributed by atoms with Gasteiger partial charge >= 0.3 is 6.09 Å². The third-order valence-electron chi connectivity index (χ3n) is 3.93. The summed E-state index contributed by atoms with van der Waals surface area (Å²) in [5, 5.41) is 9.19. The molecule has 2 heterocycles. The van der Waals surface area contributed by atoms with Gasteiger partial charge in [0.2, 0.25) is 0 Å². The van der Waals surface area contributed by atoms with Crippen LogP contribution in [0.15, 0.2) is 0 Å². The highest BCUT2D eigenvalue weighted by Crippen LogP contribution is 2.48. The molecule has 0 unspecified atom stereocenters. The Morgan fingerprint density at radius 1 is 1.41 bits per heavy atom. The molecule has 1 N–H and O–H groups in total. The first kappa shape index (κ1) is 12.7. The molecule has 0 radical (unpaired) electrons. The lowest BCUT2D eigenvalue weighted by atomic mass is 9.85. The number of ether oxygens (including phenoxy) is 1. The first-order valence-electron chi connectivity index (χ1n) is 6.51. The van der Waals surface area contributed by atoms with E-state index in [2.05, 4.69) is 0 Å². The van der Waals surface area contributed by atoms with Crippen molar-refractivity contribution < 1.29 is 14.6 Å². The quantitative estimate of drug-likeness (QED) is 0.807. The molecule has 0 spiro atoms. The molecule has 0 aromatic carbocycles. The Morgan fingerprint density at radius 3 is 2.47 bits per heavy atom. The van der Waals surface area contributed by atoms with Gasteiger partial charge in [-0.25, -0.2) is 4.79 Å². The van der Waals surface area contributed by atoms with Gasteiger partial charge in [0.25, 0.3) is 0 Å². The van der Waals surface area contributed by atoms with Gasteiger partial charge in [-0.05, 0) is 52.9 Å². The molecule has 98 valence electrons. The summed E-state index contributed by atoms with van der Waals surface area (Å²) >= 11 is 0. The van der Waals surface area contributed by atoms with E-state index >= 15 is 0 Å². The van der Waals surface area contributed by atoms with Crippen LogP contribution < -0.4 is 0 Å². The van der Waals surface area contributed by atoms with Crippen molar-refractivity contribution in [1.82, 2.24) is 4.90 Å². The summed E-state index contributed by atoms with van der Waals surface area (Å²) in [7, 11) is 0. The maximum Gasteiger partial charge on any atom is 0.411 e. The van der Waals surface area contributed by atoms with Crippen molar-refractivity contribution >= 4 is 6.09 Å². The summed E-state index contributed by atoms with van der Waals surface area (Å²) < 4.78 is 5.48. The molecule has 1 amide bonds. The van der Waals surface area contributed by atoms with E-state index < -0.39 is 5.60 Å². The van der Waals surface area contributed by atoms with Gasteiger partial charge in [0.1, 0.15) is 5.60 Å². The lowest BCUT2D eigenvalue weighted by Gasteiger charge is -2.35. The second kappa shape index (κ2) is 4.16. The van der Waals surface area contributed by atoms with E-state index in [0.29, 0.717) is 12.5 Å². The van der Waals surface area contributed by atoms with Crippen LogP contribution in [0.4, 0.5) is 4.79 Å². The van der Waals surface area contributed by atoms with E-state index in [1.54, 1.807) is 0 Å². The van der Waals surface area contributed by atoms with E-state index in [0.717, 1.165) is 25.7 Å². The number of hydrogen-bond donors (Lipinski definition) is 1. The minimum atomic E-state index is -0.445. The van der Waals surface area contributed by atoms with Crippen LogP contribution in [-0.2, 0) is 4.74 Å².